The summed E-state index contributed by atoms with van der Waals surface area (Å²) < 4.78 is 0. The lowest BCUT2D eigenvalue weighted by atomic mass is 9.94. The number of hydrogen-bond acceptors (Lipinski definition) is 3. The van der Waals surface area contributed by atoms with E-state index in [2.05, 4.69) is 0 Å². The molecule has 0 spiro atoms. The number of carbonyl (C=O) groups excluding carboxylic acids is 1. The summed E-state index contributed by atoms with van der Waals surface area (Å²) in [5, 5.41) is 10.4. The van der Waals surface area contributed by atoms with Gasteiger partial charge in [-0.05, 0) is 31.9 Å². The summed E-state index contributed by atoms with van der Waals surface area (Å²) in [6.45, 7) is 2.71. The van der Waals surface area contributed by atoms with Crippen LogP contribution in [0.3, 0.4) is 0 Å². The van der Waals surface area contributed by atoms with Gasteiger partial charge in [0.2, 0.25) is 0 Å². The SMILES string of the molecule is CC1(O)CCCN(C(=O)c2cccc(Cl)c2N)C1. The Kier molecular flexibility index (Phi) is 3.50. The number of aliphatic hydroxyl groups is 1. The second-order valence-electron chi connectivity index (χ2n) is 5.03. The molecular formula is C13H17ClN2O2. The molecule has 98 valence electrons. The highest BCUT2D eigenvalue weighted by Gasteiger charge is 2.31. The minimum Gasteiger partial charge on any atom is -0.397 e. The zero-order valence-electron chi connectivity index (χ0n) is 10.3. The van der Waals surface area contributed by atoms with E-state index in [1.54, 1.807) is 30.0 Å². The molecule has 1 aromatic rings. The van der Waals surface area contributed by atoms with Gasteiger partial charge in [-0.15, -0.1) is 0 Å². The number of likely N-dealkylation sites (tertiary alicyclic amines) is 1. The standard InChI is InChI=1S/C13H17ClN2O2/c1-13(18)6-3-7-16(8-13)12(17)9-4-2-5-10(14)11(9)15/h2,4-5,18H,3,6-8,15H2,1H3. The van der Waals surface area contributed by atoms with Gasteiger partial charge in [-0.1, -0.05) is 17.7 Å². The summed E-state index contributed by atoms with van der Waals surface area (Å²) in [7, 11) is 0. The molecule has 1 heterocycles. The minimum absolute atomic E-state index is 0.171. The van der Waals surface area contributed by atoms with E-state index in [9.17, 15) is 9.90 Å². The van der Waals surface area contributed by atoms with Gasteiger partial charge >= 0.3 is 0 Å². The number of nitrogen functional groups attached to an aromatic ring is 1. The van der Waals surface area contributed by atoms with E-state index < -0.39 is 5.60 Å². The summed E-state index contributed by atoms with van der Waals surface area (Å²) in [4.78, 5) is 14.0. The van der Waals surface area contributed by atoms with Crippen molar-refractivity contribution in [2.45, 2.75) is 25.4 Å². The van der Waals surface area contributed by atoms with Gasteiger partial charge in [0.05, 0.1) is 21.9 Å². The van der Waals surface area contributed by atoms with Crippen molar-refractivity contribution >= 4 is 23.2 Å². The summed E-state index contributed by atoms with van der Waals surface area (Å²) in [6.07, 6.45) is 1.50. The Bertz CT molecular complexity index is 474. The lowest BCUT2D eigenvalue weighted by Crippen LogP contribution is -2.48. The second-order valence-corrected chi connectivity index (χ2v) is 5.44. The molecule has 5 heteroatoms. The third-order valence-corrected chi connectivity index (χ3v) is 3.58. The van der Waals surface area contributed by atoms with Crippen molar-refractivity contribution in [1.29, 1.82) is 0 Å². The van der Waals surface area contributed by atoms with Crippen molar-refractivity contribution in [2.75, 3.05) is 18.8 Å². The normalized spacial score (nSPS) is 24.1. The summed E-state index contributed by atoms with van der Waals surface area (Å²) >= 11 is 5.91. The number of halogens is 1. The van der Waals surface area contributed by atoms with Crippen LogP contribution >= 0.6 is 11.6 Å². The lowest BCUT2D eigenvalue weighted by Gasteiger charge is -2.37. The largest absolute Gasteiger partial charge is 0.397 e. The smallest absolute Gasteiger partial charge is 0.256 e. The Morgan fingerprint density at radius 2 is 2.28 bits per heavy atom. The number of carbonyl (C=O) groups is 1. The molecule has 0 radical (unpaired) electrons. The van der Waals surface area contributed by atoms with Gasteiger partial charge in [-0.3, -0.25) is 4.79 Å². The number of nitrogens with zero attached hydrogens (tertiary/aromatic N) is 1. The maximum absolute atomic E-state index is 12.3. The molecule has 3 N–H and O–H groups in total. The minimum atomic E-state index is -0.818. The Morgan fingerprint density at radius 1 is 1.56 bits per heavy atom. The van der Waals surface area contributed by atoms with Gasteiger partial charge in [0, 0.05) is 13.1 Å². The van der Waals surface area contributed by atoms with Gasteiger partial charge in [-0.2, -0.15) is 0 Å². The molecule has 1 amide bonds. The molecule has 0 saturated carbocycles. The lowest BCUT2D eigenvalue weighted by molar-refractivity contribution is -0.0107. The second kappa shape index (κ2) is 4.78. The third-order valence-electron chi connectivity index (χ3n) is 3.25. The fraction of sp³-hybridized carbons (Fsp3) is 0.462. The van der Waals surface area contributed by atoms with Crippen LogP contribution in [0.5, 0.6) is 0 Å². The number of anilines is 1. The Balaban J connectivity index is 2.23. The molecule has 0 bridgehead atoms. The van der Waals surface area contributed by atoms with Crippen LogP contribution in [0.1, 0.15) is 30.1 Å². The molecule has 1 aliphatic heterocycles. The van der Waals surface area contributed by atoms with Crippen molar-refractivity contribution in [2.24, 2.45) is 0 Å². The van der Waals surface area contributed by atoms with Crippen LogP contribution in [-0.4, -0.2) is 34.6 Å². The summed E-state index contributed by atoms with van der Waals surface area (Å²) in [5.41, 5.74) is 5.70. The van der Waals surface area contributed by atoms with Crippen molar-refractivity contribution in [3.05, 3.63) is 28.8 Å². The molecule has 18 heavy (non-hydrogen) atoms. The van der Waals surface area contributed by atoms with Crippen LogP contribution in [0.15, 0.2) is 18.2 Å². The van der Waals surface area contributed by atoms with E-state index in [-0.39, 0.29) is 5.91 Å². The number of amides is 1. The molecule has 1 unspecified atom stereocenters. The van der Waals surface area contributed by atoms with E-state index in [0.29, 0.717) is 35.8 Å². The van der Waals surface area contributed by atoms with Crippen molar-refractivity contribution in [1.82, 2.24) is 4.90 Å². The van der Waals surface area contributed by atoms with Crippen LogP contribution in [0, 0.1) is 0 Å². The molecule has 1 aromatic carbocycles. The zero-order chi connectivity index (χ0) is 13.3. The third kappa shape index (κ3) is 2.60. The zero-order valence-corrected chi connectivity index (χ0v) is 11.1. The fourth-order valence-corrected chi connectivity index (χ4v) is 2.46. The Morgan fingerprint density at radius 3 is 2.94 bits per heavy atom. The average Bonchev–Trinajstić information content (AvgIpc) is 2.30. The monoisotopic (exact) mass is 268 g/mol. The first-order valence-electron chi connectivity index (χ1n) is 5.96. The Hall–Kier alpha value is -1.26. The van der Waals surface area contributed by atoms with Gasteiger partial charge in [0.15, 0.2) is 0 Å². The first-order chi connectivity index (χ1) is 8.41. The predicted molar refractivity (Wildman–Crippen MR) is 71.6 cm³/mol. The molecule has 2 rings (SSSR count). The van der Waals surface area contributed by atoms with E-state index >= 15 is 0 Å². The quantitative estimate of drug-likeness (QED) is 0.765. The highest BCUT2D eigenvalue weighted by molar-refractivity contribution is 6.33. The number of rotatable bonds is 1. The topological polar surface area (TPSA) is 66.6 Å². The molecule has 4 nitrogen and oxygen atoms in total. The van der Waals surface area contributed by atoms with Crippen molar-refractivity contribution in [3.63, 3.8) is 0 Å². The molecule has 1 fully saturated rings. The fourth-order valence-electron chi connectivity index (χ4n) is 2.29. The number of piperidine rings is 1. The van der Waals surface area contributed by atoms with E-state index in [1.807, 2.05) is 0 Å². The first kappa shape index (κ1) is 13.2. The molecule has 0 aromatic heterocycles. The maximum Gasteiger partial charge on any atom is 0.256 e. The van der Waals surface area contributed by atoms with E-state index in [0.717, 1.165) is 6.42 Å². The molecular weight excluding hydrogens is 252 g/mol. The number of para-hydroxylation sites is 1. The van der Waals surface area contributed by atoms with Crippen LogP contribution in [0.4, 0.5) is 5.69 Å². The van der Waals surface area contributed by atoms with Crippen molar-refractivity contribution < 1.29 is 9.90 Å². The molecule has 1 atom stereocenters. The highest BCUT2D eigenvalue weighted by atomic mass is 35.5. The van der Waals surface area contributed by atoms with Crippen LogP contribution in [0.25, 0.3) is 0 Å². The molecule has 1 aliphatic rings. The van der Waals surface area contributed by atoms with Crippen LogP contribution in [-0.2, 0) is 0 Å². The first-order valence-corrected chi connectivity index (χ1v) is 6.34. The average molecular weight is 269 g/mol. The van der Waals surface area contributed by atoms with E-state index in [4.69, 9.17) is 17.3 Å². The molecule has 1 saturated heterocycles. The van der Waals surface area contributed by atoms with Gasteiger partial charge in [0.1, 0.15) is 0 Å². The maximum atomic E-state index is 12.3. The van der Waals surface area contributed by atoms with Crippen LogP contribution in [0.2, 0.25) is 5.02 Å². The molecule has 0 aliphatic carbocycles. The predicted octanol–water partition coefficient (Wildman–Crippen LogP) is 1.91. The van der Waals surface area contributed by atoms with Crippen molar-refractivity contribution in [3.8, 4) is 0 Å². The number of hydrogen-bond donors (Lipinski definition) is 2. The van der Waals surface area contributed by atoms with Gasteiger partial charge in [-0.25, -0.2) is 0 Å². The Labute approximate surface area is 111 Å². The summed E-state index contributed by atoms with van der Waals surface area (Å²) in [6, 6.07) is 5.01. The van der Waals surface area contributed by atoms with E-state index in [1.165, 1.54) is 0 Å². The number of β-amino-alcohol motifs (C(OH)–C–C–N with tert-alkyl or cyclic N) is 1. The highest BCUT2D eigenvalue weighted by Crippen LogP contribution is 2.26. The van der Waals surface area contributed by atoms with Gasteiger partial charge in [0.25, 0.3) is 5.91 Å². The number of benzene rings is 1. The van der Waals surface area contributed by atoms with Crippen LogP contribution < -0.4 is 5.73 Å². The number of nitrogens with two attached hydrogens (primary N) is 1. The van der Waals surface area contributed by atoms with Gasteiger partial charge < -0.3 is 15.7 Å². The summed E-state index contributed by atoms with van der Waals surface area (Å²) in [5.74, 6) is -0.171.